The molecule has 0 saturated carbocycles. The first-order chi connectivity index (χ1) is 27.2. The Kier molecular flexibility index (Phi) is 7.98. The summed E-state index contributed by atoms with van der Waals surface area (Å²) in [5.41, 5.74) is 19.0. The van der Waals surface area contributed by atoms with Crippen LogP contribution in [0, 0.1) is 0 Å². The van der Waals surface area contributed by atoms with Crippen LogP contribution in [0.3, 0.4) is 0 Å². The summed E-state index contributed by atoms with van der Waals surface area (Å²) in [4.78, 5) is 5.07. The summed E-state index contributed by atoms with van der Waals surface area (Å²) in [5, 5.41) is 3.76. The van der Waals surface area contributed by atoms with E-state index in [9.17, 15) is 0 Å². The van der Waals surface area contributed by atoms with Gasteiger partial charge in [-0.2, -0.15) is 0 Å². The summed E-state index contributed by atoms with van der Waals surface area (Å²) >= 11 is 7.37. The first-order valence-corrected chi connectivity index (χ1v) is 23.7. The van der Waals surface area contributed by atoms with Crippen molar-refractivity contribution in [3.63, 3.8) is 0 Å². The minimum atomic E-state index is -2.17. The zero-order valence-corrected chi connectivity index (χ0v) is 36.0. The van der Waals surface area contributed by atoms with Crippen LogP contribution in [0.25, 0.3) is 22.3 Å². The van der Waals surface area contributed by atoms with Crippen molar-refractivity contribution >= 4 is 87.3 Å². The molecular formula is C52H48BClN2Si. The lowest BCUT2D eigenvalue weighted by Crippen LogP contribution is -2.79. The molecule has 0 spiro atoms. The highest BCUT2D eigenvalue weighted by Crippen LogP contribution is 2.49. The van der Waals surface area contributed by atoms with E-state index in [4.69, 9.17) is 11.6 Å². The second-order valence-electron chi connectivity index (χ2n) is 18.8. The van der Waals surface area contributed by atoms with Crippen molar-refractivity contribution in [3.8, 4) is 22.3 Å². The van der Waals surface area contributed by atoms with Crippen molar-refractivity contribution in [2.24, 2.45) is 0 Å². The molecule has 10 rings (SSSR count). The zero-order chi connectivity index (χ0) is 39.6. The van der Waals surface area contributed by atoms with Crippen LogP contribution in [0.4, 0.5) is 34.1 Å². The average Bonchev–Trinajstić information content (AvgIpc) is 3.19. The van der Waals surface area contributed by atoms with Gasteiger partial charge in [0.2, 0.25) is 0 Å². The molecule has 0 N–H and O–H groups in total. The molecule has 280 valence electrons. The lowest BCUT2D eigenvalue weighted by molar-refractivity contribution is 0.590. The molecule has 0 saturated heterocycles. The Morgan fingerprint density at radius 3 is 1.23 bits per heavy atom. The lowest BCUT2D eigenvalue weighted by atomic mass is 9.33. The van der Waals surface area contributed by atoms with Crippen LogP contribution in [0.1, 0.15) is 52.7 Å². The predicted molar refractivity (Wildman–Crippen MR) is 250 cm³/mol. The fraction of sp³-hybridized carbons (Fsp3) is 0.192. The normalized spacial score (nSPS) is 14.8. The van der Waals surface area contributed by atoms with E-state index in [-0.39, 0.29) is 17.5 Å². The summed E-state index contributed by atoms with van der Waals surface area (Å²) in [6.45, 7) is 18.9. The van der Waals surface area contributed by atoms with Gasteiger partial charge in [0, 0.05) is 38.9 Å². The Hall–Kier alpha value is -5.29. The van der Waals surface area contributed by atoms with E-state index in [2.05, 4.69) is 210 Å². The van der Waals surface area contributed by atoms with Crippen molar-refractivity contribution in [2.75, 3.05) is 9.80 Å². The van der Waals surface area contributed by atoms with Crippen LogP contribution in [-0.2, 0) is 10.8 Å². The number of hydrogen-bond donors (Lipinski definition) is 0. The maximum Gasteiger partial charge on any atom is 0.251 e. The highest BCUT2D eigenvalue weighted by atomic mass is 35.5. The summed E-state index contributed by atoms with van der Waals surface area (Å²) in [6, 6.07) is 54.8. The van der Waals surface area contributed by atoms with Crippen molar-refractivity contribution in [2.45, 2.75) is 65.5 Å². The highest BCUT2D eigenvalue weighted by molar-refractivity contribution is 7.16. The van der Waals surface area contributed by atoms with Gasteiger partial charge in [0.15, 0.2) is 0 Å². The molecule has 0 amide bonds. The van der Waals surface area contributed by atoms with Gasteiger partial charge in [-0.25, -0.2) is 0 Å². The molecule has 0 unspecified atom stereocenters. The quantitative estimate of drug-likeness (QED) is 0.164. The number of benzene rings is 7. The topological polar surface area (TPSA) is 6.48 Å². The molecule has 57 heavy (non-hydrogen) atoms. The summed E-state index contributed by atoms with van der Waals surface area (Å²) in [6.07, 6.45) is 0. The first-order valence-electron chi connectivity index (χ1n) is 20.3. The third kappa shape index (κ3) is 5.44. The largest absolute Gasteiger partial charge is 0.311 e. The summed E-state index contributed by atoms with van der Waals surface area (Å²) in [7, 11) is -2.17. The Balaban J connectivity index is 1.26. The number of anilines is 6. The van der Waals surface area contributed by atoms with E-state index in [1.807, 2.05) is 0 Å². The van der Waals surface area contributed by atoms with E-state index in [0.29, 0.717) is 0 Å². The predicted octanol–water partition coefficient (Wildman–Crippen LogP) is 11.5. The zero-order valence-electron chi connectivity index (χ0n) is 34.2. The van der Waals surface area contributed by atoms with Crippen LogP contribution < -0.4 is 36.6 Å². The molecule has 0 radical (unpaired) electrons. The summed E-state index contributed by atoms with van der Waals surface area (Å²) in [5.74, 6) is 0. The van der Waals surface area contributed by atoms with Crippen molar-refractivity contribution in [3.05, 3.63) is 162 Å². The molecule has 3 heterocycles. The van der Waals surface area contributed by atoms with Crippen LogP contribution in [-0.4, -0.2) is 14.8 Å². The van der Waals surface area contributed by atoms with Crippen molar-refractivity contribution in [1.82, 2.24) is 0 Å². The molecule has 0 aromatic heterocycles. The van der Waals surface area contributed by atoms with Gasteiger partial charge in [0.1, 0.15) is 8.07 Å². The lowest BCUT2D eigenvalue weighted by Gasteiger charge is -2.50. The molecule has 7 aromatic rings. The van der Waals surface area contributed by atoms with Gasteiger partial charge in [-0.3, -0.25) is 0 Å². The molecule has 3 aliphatic heterocycles. The maximum atomic E-state index is 7.37. The summed E-state index contributed by atoms with van der Waals surface area (Å²) < 4.78 is 0. The van der Waals surface area contributed by atoms with E-state index < -0.39 is 8.07 Å². The van der Waals surface area contributed by atoms with Gasteiger partial charge in [-0.1, -0.05) is 186 Å². The fourth-order valence-electron chi connectivity index (χ4n) is 9.93. The van der Waals surface area contributed by atoms with Crippen LogP contribution in [0.2, 0.25) is 18.1 Å². The standard InChI is InChI=1S/C52H48BClN2Si/c1-51(2,3)35-27-23-33(24-28-35)38-15-9-11-17-40(38)55-42-19-13-21-46-49(42)53-48-44(55)31-37(54)32-45(48)56(43-20-14-22-47(50(43)53)57(46,7)8)41-18-12-10-16-39(41)34-25-29-36(30-26-34)52(4,5)6/h9-32H,1-8H3. The SMILES string of the molecule is CC(C)(C)c1ccc(-c2ccccc2N2c3cc(Cl)cc4c3B3c5c2cccc5[Si](C)(C)c2cccc(c23)N4c2ccccc2-c2ccc(C(C)(C)C)cc2)cc1. The van der Waals surface area contributed by atoms with E-state index >= 15 is 0 Å². The van der Waals surface area contributed by atoms with E-state index in [1.165, 1.54) is 71.5 Å². The number of halogens is 1. The maximum absolute atomic E-state index is 7.37. The van der Waals surface area contributed by atoms with E-state index in [0.717, 1.165) is 27.8 Å². The van der Waals surface area contributed by atoms with Gasteiger partial charge in [-0.05, 0) is 85.9 Å². The second-order valence-corrected chi connectivity index (χ2v) is 23.5. The van der Waals surface area contributed by atoms with Crippen LogP contribution in [0.15, 0.2) is 146 Å². The Morgan fingerprint density at radius 2 is 0.825 bits per heavy atom. The Labute approximate surface area is 344 Å². The molecular weight excluding hydrogens is 727 g/mol. The third-order valence-corrected chi connectivity index (χ3v) is 16.6. The Bertz CT molecular complexity index is 2570. The number of rotatable bonds is 4. The molecule has 0 bridgehead atoms. The molecule has 0 atom stereocenters. The average molecular weight is 775 g/mol. The minimum absolute atomic E-state index is 0.0785. The molecule has 2 nitrogen and oxygen atoms in total. The third-order valence-electron chi connectivity index (χ3n) is 12.9. The van der Waals surface area contributed by atoms with Crippen LogP contribution in [0.5, 0.6) is 0 Å². The molecule has 0 fully saturated rings. The van der Waals surface area contributed by atoms with Crippen LogP contribution >= 0.6 is 11.6 Å². The first kappa shape index (κ1) is 36.1. The van der Waals surface area contributed by atoms with Gasteiger partial charge in [0.05, 0.1) is 11.4 Å². The van der Waals surface area contributed by atoms with Gasteiger partial charge < -0.3 is 9.80 Å². The fourth-order valence-corrected chi connectivity index (χ4v) is 13.3. The number of hydrogen-bond acceptors (Lipinski definition) is 2. The van der Waals surface area contributed by atoms with E-state index in [1.54, 1.807) is 0 Å². The monoisotopic (exact) mass is 774 g/mol. The molecule has 7 aromatic carbocycles. The smallest absolute Gasteiger partial charge is 0.251 e. The van der Waals surface area contributed by atoms with Crippen molar-refractivity contribution in [1.29, 1.82) is 0 Å². The highest BCUT2D eigenvalue weighted by Gasteiger charge is 2.52. The number of nitrogens with zero attached hydrogens (tertiary/aromatic N) is 2. The Morgan fingerprint density at radius 1 is 0.439 bits per heavy atom. The van der Waals surface area contributed by atoms with Gasteiger partial charge >= 0.3 is 0 Å². The van der Waals surface area contributed by atoms with Gasteiger partial charge in [-0.15, -0.1) is 0 Å². The minimum Gasteiger partial charge on any atom is -0.311 e. The number of para-hydroxylation sites is 2. The molecule has 5 heteroatoms. The second kappa shape index (κ2) is 12.6. The molecule has 3 aliphatic rings. The van der Waals surface area contributed by atoms with Crippen molar-refractivity contribution < 1.29 is 0 Å². The van der Waals surface area contributed by atoms with Gasteiger partial charge in [0.25, 0.3) is 6.71 Å². The molecule has 0 aliphatic carbocycles.